The third-order valence-corrected chi connectivity index (χ3v) is 9.50. The molecule has 11 nitrogen and oxygen atoms in total. The van der Waals surface area contributed by atoms with Gasteiger partial charge in [0.1, 0.15) is 28.7 Å². The predicted molar refractivity (Wildman–Crippen MR) is 149 cm³/mol. The normalized spacial score (nSPS) is 24.4. The molecule has 0 saturated carbocycles. The van der Waals surface area contributed by atoms with Gasteiger partial charge >= 0.3 is 6.01 Å². The van der Waals surface area contributed by atoms with Crippen LogP contribution >= 0.6 is 11.3 Å². The lowest BCUT2D eigenvalue weighted by Gasteiger charge is -2.30. The molecular weight excluding hydrogens is 514 g/mol. The van der Waals surface area contributed by atoms with Gasteiger partial charge in [0, 0.05) is 48.7 Å². The molecule has 3 aliphatic rings. The maximum atomic E-state index is 9.84. The summed E-state index contributed by atoms with van der Waals surface area (Å²) in [7, 11) is 2.14. The van der Waals surface area contributed by atoms with E-state index in [1.54, 1.807) is 0 Å². The summed E-state index contributed by atoms with van der Waals surface area (Å²) >= 11 is 1.49. The predicted octanol–water partition coefficient (Wildman–Crippen LogP) is 2.96. The molecule has 0 radical (unpaired) electrons. The highest BCUT2D eigenvalue weighted by molar-refractivity contribution is 7.16. The van der Waals surface area contributed by atoms with E-state index in [9.17, 15) is 5.26 Å². The molecule has 1 aliphatic carbocycles. The third kappa shape index (κ3) is 4.73. The van der Waals surface area contributed by atoms with Gasteiger partial charge in [0.2, 0.25) is 11.7 Å². The lowest BCUT2D eigenvalue weighted by atomic mass is 9.72. The number of piperazine rings is 1. The summed E-state index contributed by atoms with van der Waals surface area (Å²) in [4.78, 5) is 20.1. The Balaban J connectivity index is 1.36. The number of hydrogen-bond acceptors (Lipinski definition) is 12. The number of rotatable bonds is 6. The SMILES string of the molecule is C[C@H](Oc1nc(-c2noc([C@@]3(C)CCCc4sc(N)c(C#N)c43)n2)cc(N2CCNCC2)n1)[C@@H]1CCCN1C. The van der Waals surface area contributed by atoms with E-state index in [0.717, 1.165) is 81.1 Å². The smallest absolute Gasteiger partial charge is 0.319 e. The van der Waals surface area contributed by atoms with Gasteiger partial charge in [0.25, 0.3) is 0 Å². The number of nitrogen functional groups attached to an aromatic ring is 1. The van der Waals surface area contributed by atoms with E-state index in [1.807, 2.05) is 6.07 Å². The van der Waals surface area contributed by atoms with Crippen LogP contribution in [-0.2, 0) is 11.8 Å². The number of likely N-dealkylation sites (tertiary alicyclic amines) is 1. The molecule has 5 heterocycles. The highest BCUT2D eigenvalue weighted by Crippen LogP contribution is 2.48. The van der Waals surface area contributed by atoms with Crippen LogP contribution in [0.1, 0.15) is 61.4 Å². The van der Waals surface area contributed by atoms with Gasteiger partial charge in [-0.25, -0.2) is 0 Å². The van der Waals surface area contributed by atoms with E-state index in [1.165, 1.54) is 11.3 Å². The Bertz CT molecular complexity index is 1390. The van der Waals surface area contributed by atoms with Gasteiger partial charge in [-0.05, 0) is 59.5 Å². The summed E-state index contributed by atoms with van der Waals surface area (Å²) in [5.41, 5.74) is 7.63. The number of ether oxygens (including phenoxy) is 1. The van der Waals surface area contributed by atoms with Crippen LogP contribution in [0.3, 0.4) is 0 Å². The first kappa shape index (κ1) is 26.0. The molecule has 12 heteroatoms. The summed E-state index contributed by atoms with van der Waals surface area (Å²) in [5, 5.41) is 18.1. The van der Waals surface area contributed by atoms with Crippen molar-refractivity contribution in [2.45, 2.75) is 63.5 Å². The highest BCUT2D eigenvalue weighted by Gasteiger charge is 2.43. The number of fused-ring (bicyclic) bond motifs is 1. The van der Waals surface area contributed by atoms with Crippen molar-refractivity contribution in [3.05, 3.63) is 28.0 Å². The van der Waals surface area contributed by atoms with Crippen LogP contribution in [0.4, 0.5) is 10.8 Å². The summed E-state index contributed by atoms with van der Waals surface area (Å²) in [6.45, 7) is 8.67. The van der Waals surface area contributed by atoms with Crippen molar-refractivity contribution in [3.63, 3.8) is 0 Å². The van der Waals surface area contributed by atoms with Crippen molar-refractivity contribution in [1.82, 2.24) is 30.3 Å². The fourth-order valence-corrected chi connectivity index (χ4v) is 7.46. The quantitative estimate of drug-likeness (QED) is 0.468. The maximum Gasteiger partial charge on any atom is 0.319 e. The molecule has 0 bridgehead atoms. The monoisotopic (exact) mass is 549 g/mol. The molecule has 3 atom stereocenters. The second kappa shape index (κ2) is 10.4. The Hall–Kier alpha value is -3.27. The van der Waals surface area contributed by atoms with Crippen molar-refractivity contribution in [3.8, 4) is 23.6 Å². The minimum atomic E-state index is -0.590. The number of likely N-dealkylation sites (N-methyl/N-ethyl adjacent to an activating group) is 1. The van der Waals surface area contributed by atoms with Gasteiger partial charge in [-0.15, -0.1) is 11.3 Å². The lowest BCUT2D eigenvalue weighted by molar-refractivity contribution is 0.112. The topological polar surface area (TPSA) is 142 Å². The van der Waals surface area contributed by atoms with E-state index < -0.39 is 5.41 Å². The second-order valence-electron chi connectivity index (χ2n) is 11.0. The van der Waals surface area contributed by atoms with Crippen LogP contribution < -0.4 is 20.7 Å². The molecule has 0 amide bonds. The zero-order chi connectivity index (χ0) is 27.1. The Morgan fingerprint density at radius 1 is 1.26 bits per heavy atom. The molecule has 39 heavy (non-hydrogen) atoms. The minimum Gasteiger partial charge on any atom is -0.459 e. The van der Waals surface area contributed by atoms with Gasteiger partial charge in [-0.2, -0.15) is 20.2 Å². The van der Waals surface area contributed by atoms with Gasteiger partial charge in [-0.3, -0.25) is 4.90 Å². The number of nitrogens with zero attached hydrogens (tertiary/aromatic N) is 7. The molecule has 0 unspecified atom stereocenters. The minimum absolute atomic E-state index is 0.0579. The van der Waals surface area contributed by atoms with E-state index in [2.05, 4.69) is 47.2 Å². The molecule has 206 valence electrons. The summed E-state index contributed by atoms with van der Waals surface area (Å²) in [6, 6.07) is 4.87. The zero-order valence-electron chi connectivity index (χ0n) is 22.7. The number of aryl methyl sites for hydroxylation is 1. The van der Waals surface area contributed by atoms with Crippen molar-refractivity contribution in [2.24, 2.45) is 0 Å². The van der Waals surface area contributed by atoms with Gasteiger partial charge < -0.3 is 25.2 Å². The van der Waals surface area contributed by atoms with Gasteiger partial charge in [0.05, 0.1) is 11.0 Å². The van der Waals surface area contributed by atoms with E-state index in [-0.39, 0.29) is 6.10 Å². The molecule has 3 aromatic heterocycles. The first-order valence-electron chi connectivity index (χ1n) is 13.8. The molecule has 2 saturated heterocycles. The summed E-state index contributed by atoms with van der Waals surface area (Å²) in [5.74, 6) is 1.64. The van der Waals surface area contributed by atoms with Crippen molar-refractivity contribution in [1.29, 1.82) is 5.26 Å². The number of nitrogens with one attached hydrogen (secondary N) is 1. The molecule has 3 N–H and O–H groups in total. The largest absolute Gasteiger partial charge is 0.459 e. The Kier molecular flexibility index (Phi) is 6.91. The van der Waals surface area contributed by atoms with Crippen LogP contribution in [0, 0.1) is 11.3 Å². The molecule has 0 aromatic carbocycles. The van der Waals surface area contributed by atoms with Crippen LogP contribution in [0.25, 0.3) is 11.5 Å². The van der Waals surface area contributed by atoms with Crippen LogP contribution in [0.5, 0.6) is 6.01 Å². The number of nitrogens with two attached hydrogens (primary N) is 1. The van der Waals surface area contributed by atoms with Crippen LogP contribution in [0.2, 0.25) is 0 Å². The van der Waals surface area contributed by atoms with Crippen molar-refractivity contribution >= 4 is 22.2 Å². The standard InChI is InChI=1S/C27H35N9O2S/c1-16(19-6-5-11-35(19)3)37-26-31-18(14-21(32-26)36-12-9-30-10-13-36)24-33-25(38-34-24)27(2)8-4-7-20-22(27)17(15-28)23(29)39-20/h14,16,19,30H,4-13,29H2,1-3H3/t16-,19-,27-/m0/s1. The second-order valence-corrected chi connectivity index (χ2v) is 12.1. The Labute approximate surface area is 232 Å². The fraction of sp³-hybridized carbons (Fsp3) is 0.593. The molecule has 2 fully saturated rings. The number of hydrogen-bond donors (Lipinski definition) is 2. The van der Waals surface area contributed by atoms with E-state index in [0.29, 0.717) is 40.0 Å². The first-order valence-corrected chi connectivity index (χ1v) is 14.6. The molecule has 2 aliphatic heterocycles. The first-order chi connectivity index (χ1) is 18.9. The number of anilines is 2. The number of aromatic nitrogens is 4. The average molecular weight is 550 g/mol. The molecule has 3 aromatic rings. The van der Waals surface area contributed by atoms with Crippen molar-refractivity contribution in [2.75, 3.05) is 50.4 Å². The van der Waals surface area contributed by atoms with Crippen LogP contribution in [-0.4, -0.2) is 76.9 Å². The van der Waals surface area contributed by atoms with E-state index in [4.69, 9.17) is 29.9 Å². The highest BCUT2D eigenvalue weighted by atomic mass is 32.1. The summed E-state index contributed by atoms with van der Waals surface area (Å²) in [6.07, 6.45) is 4.85. The Morgan fingerprint density at radius 2 is 2.08 bits per heavy atom. The fourth-order valence-electron chi connectivity index (χ4n) is 6.27. The van der Waals surface area contributed by atoms with Crippen LogP contribution in [0.15, 0.2) is 10.6 Å². The maximum absolute atomic E-state index is 9.84. The molecular formula is C27H35N9O2S. The zero-order valence-corrected chi connectivity index (χ0v) is 23.6. The van der Waals surface area contributed by atoms with E-state index >= 15 is 0 Å². The third-order valence-electron chi connectivity index (χ3n) is 8.42. The van der Waals surface area contributed by atoms with Gasteiger partial charge in [-0.1, -0.05) is 5.16 Å². The molecule has 0 spiro atoms. The van der Waals surface area contributed by atoms with Gasteiger partial charge in [0.15, 0.2) is 0 Å². The number of nitriles is 1. The Morgan fingerprint density at radius 3 is 2.82 bits per heavy atom. The molecule has 6 rings (SSSR count). The average Bonchev–Trinajstić information content (AvgIpc) is 3.68. The lowest BCUT2D eigenvalue weighted by Crippen LogP contribution is -2.44. The summed E-state index contributed by atoms with van der Waals surface area (Å²) < 4.78 is 12.2. The number of thiophene rings is 1. The van der Waals surface area contributed by atoms with Crippen molar-refractivity contribution < 1.29 is 9.26 Å².